The van der Waals surface area contributed by atoms with Crippen molar-refractivity contribution >= 4 is 11.6 Å². The van der Waals surface area contributed by atoms with Crippen LogP contribution < -0.4 is 0 Å². The van der Waals surface area contributed by atoms with Crippen LogP contribution in [0.2, 0.25) is 5.02 Å². The monoisotopic (exact) mass is 343 g/mol. The van der Waals surface area contributed by atoms with Crippen molar-refractivity contribution in [3.8, 4) is 33.9 Å². The molecule has 0 amide bonds. The first-order chi connectivity index (χ1) is 12.3. The van der Waals surface area contributed by atoms with Crippen LogP contribution in [0.15, 0.2) is 85.2 Å². The molecule has 1 heterocycles. The van der Waals surface area contributed by atoms with Gasteiger partial charge in [0, 0.05) is 16.1 Å². The normalized spacial score (nSPS) is 10.6. The molecule has 3 aromatic carbocycles. The minimum Gasteiger partial charge on any atom is -0.217 e. The molecule has 0 saturated heterocycles. The van der Waals surface area contributed by atoms with Crippen molar-refractivity contribution in [2.45, 2.75) is 0 Å². The number of hydrogen-bond acceptors (Lipinski definition) is 3. The molecule has 0 fully saturated rings. The molecule has 0 spiro atoms. The Bertz CT molecular complexity index is 999. The maximum Gasteiger partial charge on any atom is 0.163 e. The molecule has 0 N–H and O–H groups in total. The molecule has 3 nitrogen and oxygen atoms in total. The van der Waals surface area contributed by atoms with Gasteiger partial charge >= 0.3 is 0 Å². The third-order valence-electron chi connectivity index (χ3n) is 3.90. The molecule has 4 heteroatoms. The van der Waals surface area contributed by atoms with Gasteiger partial charge in [-0.05, 0) is 29.3 Å². The van der Waals surface area contributed by atoms with Gasteiger partial charge in [-0.25, -0.2) is 15.0 Å². The summed E-state index contributed by atoms with van der Waals surface area (Å²) in [6.07, 6.45) is 1.56. The summed E-state index contributed by atoms with van der Waals surface area (Å²) in [4.78, 5) is 13.2. The molecule has 1 aromatic heterocycles. The summed E-state index contributed by atoms with van der Waals surface area (Å²) < 4.78 is 0. The van der Waals surface area contributed by atoms with Crippen molar-refractivity contribution in [3.63, 3.8) is 0 Å². The lowest BCUT2D eigenvalue weighted by Gasteiger charge is -2.06. The molecule has 0 unspecified atom stereocenters. The van der Waals surface area contributed by atoms with Gasteiger partial charge in [-0.15, -0.1) is 0 Å². The van der Waals surface area contributed by atoms with Gasteiger partial charge in [0.1, 0.15) is 6.33 Å². The van der Waals surface area contributed by atoms with Gasteiger partial charge in [0.2, 0.25) is 0 Å². The van der Waals surface area contributed by atoms with Crippen LogP contribution in [0.4, 0.5) is 0 Å². The van der Waals surface area contributed by atoms with Crippen LogP contribution in [0.1, 0.15) is 0 Å². The largest absolute Gasteiger partial charge is 0.217 e. The molecule has 0 bridgehead atoms. The molecular formula is C21H14ClN3. The first-order valence-electron chi connectivity index (χ1n) is 7.90. The van der Waals surface area contributed by atoms with Gasteiger partial charge in [0.25, 0.3) is 0 Å². The number of halogens is 1. The lowest BCUT2D eigenvalue weighted by molar-refractivity contribution is 1.07. The van der Waals surface area contributed by atoms with Crippen molar-refractivity contribution in [3.05, 3.63) is 90.2 Å². The highest BCUT2D eigenvalue weighted by Gasteiger charge is 2.07. The maximum absolute atomic E-state index is 5.97. The first kappa shape index (κ1) is 15.5. The van der Waals surface area contributed by atoms with Crippen LogP contribution in [-0.4, -0.2) is 15.0 Å². The van der Waals surface area contributed by atoms with Gasteiger partial charge in [0.05, 0.1) is 0 Å². The van der Waals surface area contributed by atoms with Crippen molar-refractivity contribution < 1.29 is 0 Å². The van der Waals surface area contributed by atoms with Crippen LogP contribution >= 0.6 is 11.6 Å². The van der Waals surface area contributed by atoms with Gasteiger partial charge in [0.15, 0.2) is 11.6 Å². The highest BCUT2D eigenvalue weighted by atomic mass is 35.5. The van der Waals surface area contributed by atoms with Gasteiger partial charge in [-0.3, -0.25) is 0 Å². The van der Waals surface area contributed by atoms with Crippen molar-refractivity contribution in [1.29, 1.82) is 0 Å². The van der Waals surface area contributed by atoms with E-state index >= 15 is 0 Å². The second-order valence-electron chi connectivity index (χ2n) is 5.59. The predicted octanol–water partition coefficient (Wildman–Crippen LogP) is 5.53. The predicted molar refractivity (Wildman–Crippen MR) is 101 cm³/mol. The zero-order chi connectivity index (χ0) is 17.1. The number of aromatic nitrogens is 3. The van der Waals surface area contributed by atoms with Gasteiger partial charge in [-0.2, -0.15) is 0 Å². The highest BCUT2D eigenvalue weighted by Crippen LogP contribution is 2.26. The molecule has 0 atom stereocenters. The van der Waals surface area contributed by atoms with E-state index in [-0.39, 0.29) is 0 Å². The highest BCUT2D eigenvalue weighted by molar-refractivity contribution is 6.30. The maximum atomic E-state index is 5.97. The summed E-state index contributed by atoms with van der Waals surface area (Å²) in [6, 6.07) is 25.8. The minimum absolute atomic E-state index is 0.657. The van der Waals surface area contributed by atoms with E-state index in [9.17, 15) is 0 Å². The average Bonchev–Trinajstić information content (AvgIpc) is 2.69. The summed E-state index contributed by atoms with van der Waals surface area (Å²) in [6.45, 7) is 0. The Morgan fingerprint density at radius 1 is 0.560 bits per heavy atom. The molecule has 0 saturated carbocycles. The number of hydrogen-bond donors (Lipinski definition) is 0. The van der Waals surface area contributed by atoms with Gasteiger partial charge < -0.3 is 0 Å². The van der Waals surface area contributed by atoms with Crippen LogP contribution in [0.5, 0.6) is 0 Å². The molecule has 0 aliphatic heterocycles. The fraction of sp³-hybridized carbons (Fsp3) is 0. The van der Waals surface area contributed by atoms with Gasteiger partial charge in [-0.1, -0.05) is 72.3 Å². The lowest BCUT2D eigenvalue weighted by Crippen LogP contribution is -1.95. The van der Waals surface area contributed by atoms with E-state index in [1.807, 2.05) is 66.7 Å². The Balaban J connectivity index is 1.73. The number of benzene rings is 3. The topological polar surface area (TPSA) is 38.7 Å². The summed E-state index contributed by atoms with van der Waals surface area (Å²) in [7, 11) is 0. The number of nitrogens with zero attached hydrogens (tertiary/aromatic N) is 3. The Kier molecular flexibility index (Phi) is 4.23. The van der Waals surface area contributed by atoms with Crippen molar-refractivity contribution in [2.24, 2.45) is 0 Å². The fourth-order valence-electron chi connectivity index (χ4n) is 2.64. The Morgan fingerprint density at radius 3 is 1.96 bits per heavy atom. The lowest BCUT2D eigenvalue weighted by atomic mass is 10.0. The van der Waals surface area contributed by atoms with E-state index in [0.29, 0.717) is 11.6 Å². The van der Waals surface area contributed by atoms with Crippen LogP contribution in [0.25, 0.3) is 33.9 Å². The molecule has 0 aliphatic rings. The summed E-state index contributed by atoms with van der Waals surface area (Å²) in [5, 5.41) is 0.727. The number of rotatable bonds is 3. The quantitative estimate of drug-likeness (QED) is 0.491. The molecule has 0 radical (unpaired) electrons. The van der Waals surface area contributed by atoms with Crippen LogP contribution in [-0.2, 0) is 0 Å². The first-order valence-corrected chi connectivity index (χ1v) is 8.28. The third kappa shape index (κ3) is 3.42. The molecule has 0 aliphatic carbocycles. The molecule has 4 aromatic rings. The Hall–Kier alpha value is -3.04. The van der Waals surface area contributed by atoms with E-state index in [1.54, 1.807) is 6.33 Å². The molecule has 4 rings (SSSR count). The zero-order valence-corrected chi connectivity index (χ0v) is 14.1. The molecule has 25 heavy (non-hydrogen) atoms. The minimum atomic E-state index is 0.657. The Morgan fingerprint density at radius 2 is 1.20 bits per heavy atom. The standard InChI is InChI=1S/C21H14ClN3/c22-19-11-9-15(10-12-19)17-7-4-8-18(13-17)21-24-14-23-20(25-21)16-5-2-1-3-6-16/h1-14H. The van der Waals surface area contributed by atoms with E-state index in [4.69, 9.17) is 11.6 Å². The zero-order valence-electron chi connectivity index (χ0n) is 13.3. The van der Waals surface area contributed by atoms with Crippen LogP contribution in [0, 0.1) is 0 Å². The third-order valence-corrected chi connectivity index (χ3v) is 4.15. The average molecular weight is 344 g/mol. The van der Waals surface area contributed by atoms with Crippen molar-refractivity contribution in [1.82, 2.24) is 15.0 Å². The van der Waals surface area contributed by atoms with E-state index < -0.39 is 0 Å². The summed E-state index contributed by atoms with van der Waals surface area (Å²) in [5.74, 6) is 1.33. The second-order valence-corrected chi connectivity index (χ2v) is 6.02. The summed E-state index contributed by atoms with van der Waals surface area (Å²) in [5.41, 5.74) is 4.12. The van der Waals surface area contributed by atoms with E-state index in [2.05, 4.69) is 27.1 Å². The SMILES string of the molecule is Clc1ccc(-c2cccc(-c3ncnc(-c4ccccc4)n3)c2)cc1. The van der Waals surface area contributed by atoms with Crippen LogP contribution in [0.3, 0.4) is 0 Å². The molecular weight excluding hydrogens is 330 g/mol. The van der Waals surface area contributed by atoms with E-state index in [0.717, 1.165) is 27.3 Å². The second kappa shape index (κ2) is 6.83. The summed E-state index contributed by atoms with van der Waals surface area (Å²) >= 11 is 5.97. The van der Waals surface area contributed by atoms with Crippen molar-refractivity contribution in [2.75, 3.05) is 0 Å². The smallest absolute Gasteiger partial charge is 0.163 e. The van der Waals surface area contributed by atoms with E-state index in [1.165, 1.54) is 0 Å². The fourth-order valence-corrected chi connectivity index (χ4v) is 2.77. The Labute approximate surface area is 151 Å². The molecule has 120 valence electrons.